The number of hydrogen-bond donors (Lipinski definition) is 2. The summed E-state index contributed by atoms with van der Waals surface area (Å²) in [5, 5.41) is 13.0. The molecular weight excluding hydrogens is 294 g/mol. The molecule has 1 heterocycles. The number of ether oxygens (including phenoxy) is 1. The second-order valence-corrected chi connectivity index (χ2v) is 6.00. The molecule has 108 valence electrons. The molecule has 0 saturated heterocycles. The molecule has 5 heteroatoms. The highest BCUT2D eigenvalue weighted by atomic mass is 35.5. The summed E-state index contributed by atoms with van der Waals surface area (Å²) in [6.07, 6.45) is -0.708. The molecular formula is C15H18ClNO2S. The van der Waals surface area contributed by atoms with Crippen LogP contribution < -0.4 is 10.5 Å². The SMILES string of the molecule is COc1cc(C(CN)C(O)c2sccc2Cl)ccc1C. The summed E-state index contributed by atoms with van der Waals surface area (Å²) in [4.78, 5) is 0.752. The monoisotopic (exact) mass is 311 g/mol. The van der Waals surface area contributed by atoms with Gasteiger partial charge in [-0.15, -0.1) is 11.3 Å². The lowest BCUT2D eigenvalue weighted by Gasteiger charge is -2.22. The molecule has 2 unspecified atom stereocenters. The summed E-state index contributed by atoms with van der Waals surface area (Å²) in [6, 6.07) is 7.66. The van der Waals surface area contributed by atoms with E-state index in [-0.39, 0.29) is 5.92 Å². The topological polar surface area (TPSA) is 55.5 Å². The summed E-state index contributed by atoms with van der Waals surface area (Å²) >= 11 is 7.53. The van der Waals surface area contributed by atoms with Crippen molar-refractivity contribution in [2.75, 3.05) is 13.7 Å². The standard InChI is InChI=1S/C15H18ClNO2S/c1-9-3-4-10(7-13(9)19-2)11(8-17)14(18)15-12(16)5-6-20-15/h3-7,11,14,18H,8,17H2,1-2H3. The van der Waals surface area contributed by atoms with Crippen molar-refractivity contribution in [2.24, 2.45) is 5.73 Å². The Morgan fingerprint density at radius 1 is 1.40 bits per heavy atom. The molecule has 2 atom stereocenters. The zero-order valence-corrected chi connectivity index (χ0v) is 13.0. The third-order valence-corrected chi connectivity index (χ3v) is 4.84. The molecule has 0 amide bonds. The van der Waals surface area contributed by atoms with Crippen LogP contribution in [0.25, 0.3) is 0 Å². The number of hydrogen-bond acceptors (Lipinski definition) is 4. The molecule has 0 radical (unpaired) electrons. The zero-order chi connectivity index (χ0) is 14.7. The summed E-state index contributed by atoms with van der Waals surface area (Å²) in [7, 11) is 1.64. The van der Waals surface area contributed by atoms with Crippen LogP contribution in [-0.4, -0.2) is 18.8 Å². The number of rotatable bonds is 5. The summed E-state index contributed by atoms with van der Waals surface area (Å²) < 4.78 is 5.33. The first kappa shape index (κ1) is 15.3. The number of aliphatic hydroxyl groups excluding tert-OH is 1. The fourth-order valence-corrected chi connectivity index (χ4v) is 3.43. The van der Waals surface area contributed by atoms with Crippen molar-refractivity contribution in [1.82, 2.24) is 0 Å². The van der Waals surface area contributed by atoms with Gasteiger partial charge in [0.25, 0.3) is 0 Å². The van der Waals surface area contributed by atoms with E-state index in [0.717, 1.165) is 21.8 Å². The van der Waals surface area contributed by atoms with Gasteiger partial charge in [-0.05, 0) is 35.6 Å². The van der Waals surface area contributed by atoms with Crippen molar-refractivity contribution in [2.45, 2.75) is 18.9 Å². The highest BCUT2D eigenvalue weighted by Crippen LogP contribution is 2.38. The minimum absolute atomic E-state index is 0.208. The minimum Gasteiger partial charge on any atom is -0.496 e. The van der Waals surface area contributed by atoms with E-state index in [1.165, 1.54) is 11.3 Å². The Balaban J connectivity index is 2.35. The second-order valence-electron chi connectivity index (χ2n) is 4.65. The Morgan fingerprint density at radius 2 is 2.15 bits per heavy atom. The molecule has 3 nitrogen and oxygen atoms in total. The molecule has 3 N–H and O–H groups in total. The summed E-state index contributed by atoms with van der Waals surface area (Å²) in [6.45, 7) is 2.31. The highest BCUT2D eigenvalue weighted by molar-refractivity contribution is 7.10. The van der Waals surface area contributed by atoms with Crippen LogP contribution in [0.3, 0.4) is 0 Å². The van der Waals surface area contributed by atoms with Crippen LogP contribution in [0.4, 0.5) is 0 Å². The van der Waals surface area contributed by atoms with Crippen molar-refractivity contribution in [3.05, 3.63) is 50.7 Å². The van der Waals surface area contributed by atoms with Gasteiger partial charge in [0.1, 0.15) is 5.75 Å². The Bertz CT molecular complexity index is 585. The molecule has 1 aromatic heterocycles. The van der Waals surface area contributed by atoms with E-state index in [0.29, 0.717) is 11.6 Å². The van der Waals surface area contributed by atoms with Crippen LogP contribution in [0.1, 0.15) is 28.0 Å². The number of aliphatic hydroxyl groups is 1. The largest absolute Gasteiger partial charge is 0.496 e. The van der Waals surface area contributed by atoms with E-state index < -0.39 is 6.10 Å². The molecule has 0 aliphatic rings. The van der Waals surface area contributed by atoms with Crippen LogP contribution >= 0.6 is 22.9 Å². The first-order chi connectivity index (χ1) is 9.58. The maximum Gasteiger partial charge on any atom is 0.122 e. The van der Waals surface area contributed by atoms with Crippen molar-refractivity contribution >= 4 is 22.9 Å². The maximum absolute atomic E-state index is 10.5. The highest BCUT2D eigenvalue weighted by Gasteiger charge is 2.25. The molecule has 0 bridgehead atoms. The van der Waals surface area contributed by atoms with Crippen molar-refractivity contribution in [3.8, 4) is 5.75 Å². The fourth-order valence-electron chi connectivity index (χ4n) is 2.21. The third-order valence-electron chi connectivity index (χ3n) is 3.41. The second kappa shape index (κ2) is 6.59. The molecule has 1 aromatic carbocycles. The molecule has 20 heavy (non-hydrogen) atoms. The lowest BCUT2D eigenvalue weighted by Crippen LogP contribution is -2.20. The first-order valence-electron chi connectivity index (χ1n) is 6.34. The van der Waals surface area contributed by atoms with E-state index >= 15 is 0 Å². The van der Waals surface area contributed by atoms with Crippen molar-refractivity contribution in [1.29, 1.82) is 0 Å². The summed E-state index contributed by atoms with van der Waals surface area (Å²) in [5.74, 6) is 0.589. The lowest BCUT2D eigenvalue weighted by atomic mass is 9.91. The van der Waals surface area contributed by atoms with Gasteiger partial charge < -0.3 is 15.6 Å². The molecule has 2 rings (SSSR count). The lowest BCUT2D eigenvalue weighted by molar-refractivity contribution is 0.151. The van der Waals surface area contributed by atoms with Gasteiger partial charge in [-0.2, -0.15) is 0 Å². The predicted octanol–water partition coefficient (Wildman–Crippen LogP) is 3.49. The van der Waals surface area contributed by atoms with E-state index in [4.69, 9.17) is 22.1 Å². The molecule has 0 aliphatic carbocycles. The third kappa shape index (κ3) is 2.99. The molecule has 0 aliphatic heterocycles. The van der Waals surface area contributed by atoms with Gasteiger partial charge in [0, 0.05) is 12.5 Å². The van der Waals surface area contributed by atoms with Crippen LogP contribution in [0, 0.1) is 6.92 Å². The number of aryl methyl sites for hydroxylation is 1. The predicted molar refractivity (Wildman–Crippen MR) is 83.8 cm³/mol. The van der Waals surface area contributed by atoms with Crippen LogP contribution in [0.2, 0.25) is 5.02 Å². The number of thiophene rings is 1. The van der Waals surface area contributed by atoms with Gasteiger partial charge in [0.05, 0.1) is 23.1 Å². The van der Waals surface area contributed by atoms with Crippen molar-refractivity contribution < 1.29 is 9.84 Å². The number of nitrogens with two attached hydrogens (primary N) is 1. The normalized spacial score (nSPS) is 14.1. The Labute approximate surface area is 128 Å². The number of benzene rings is 1. The molecule has 0 fully saturated rings. The zero-order valence-electron chi connectivity index (χ0n) is 11.5. The van der Waals surface area contributed by atoms with Gasteiger partial charge in [0.2, 0.25) is 0 Å². The Hall–Kier alpha value is -1.07. The van der Waals surface area contributed by atoms with Crippen molar-refractivity contribution in [3.63, 3.8) is 0 Å². The minimum atomic E-state index is -0.708. The van der Waals surface area contributed by atoms with E-state index in [2.05, 4.69) is 0 Å². The van der Waals surface area contributed by atoms with Gasteiger partial charge in [-0.3, -0.25) is 0 Å². The maximum atomic E-state index is 10.5. The van der Waals surface area contributed by atoms with Gasteiger partial charge in [-0.25, -0.2) is 0 Å². The average Bonchev–Trinajstić information content (AvgIpc) is 2.87. The van der Waals surface area contributed by atoms with Gasteiger partial charge in [0.15, 0.2) is 0 Å². The Kier molecular flexibility index (Phi) is 5.05. The van der Waals surface area contributed by atoms with E-state index in [1.54, 1.807) is 13.2 Å². The van der Waals surface area contributed by atoms with Crippen LogP contribution in [0.5, 0.6) is 5.75 Å². The van der Waals surface area contributed by atoms with Gasteiger partial charge >= 0.3 is 0 Å². The quantitative estimate of drug-likeness (QED) is 0.888. The number of halogens is 1. The molecule has 2 aromatic rings. The average molecular weight is 312 g/mol. The van der Waals surface area contributed by atoms with Gasteiger partial charge in [-0.1, -0.05) is 23.7 Å². The summed E-state index contributed by atoms with van der Waals surface area (Å²) in [5.41, 5.74) is 7.85. The fraction of sp³-hybridized carbons (Fsp3) is 0.333. The van der Waals surface area contributed by atoms with Crippen LogP contribution in [-0.2, 0) is 0 Å². The van der Waals surface area contributed by atoms with Crippen LogP contribution in [0.15, 0.2) is 29.6 Å². The first-order valence-corrected chi connectivity index (χ1v) is 7.59. The number of methoxy groups -OCH3 is 1. The molecule has 0 spiro atoms. The van der Waals surface area contributed by atoms with E-state index in [1.807, 2.05) is 30.5 Å². The van der Waals surface area contributed by atoms with E-state index in [9.17, 15) is 5.11 Å². The molecule has 0 saturated carbocycles. The Morgan fingerprint density at radius 3 is 2.70 bits per heavy atom. The smallest absolute Gasteiger partial charge is 0.122 e.